The highest BCUT2D eigenvalue weighted by Crippen LogP contribution is 2.32. The average molecular weight is 798 g/mol. The Morgan fingerprint density at radius 3 is 2.34 bits per heavy atom. The lowest BCUT2D eigenvalue weighted by molar-refractivity contribution is 0.853. The summed E-state index contributed by atoms with van der Waals surface area (Å²) in [5, 5.41) is 0. The van der Waals surface area contributed by atoms with Gasteiger partial charge in [0.05, 0.1) is 22.8 Å². The summed E-state index contributed by atoms with van der Waals surface area (Å²) in [4.78, 5) is 10.1. The van der Waals surface area contributed by atoms with E-state index in [4.69, 9.17) is 16.4 Å². The van der Waals surface area contributed by atoms with Gasteiger partial charge in [-0.2, -0.15) is 0 Å². The molecule has 1 aromatic heterocycles. The summed E-state index contributed by atoms with van der Waals surface area (Å²) in [5.41, 5.74) is 19.5. The Morgan fingerprint density at radius 1 is 0.902 bits per heavy atom. The molecule has 0 atom stereocenters. The van der Waals surface area contributed by atoms with Crippen LogP contribution in [0.3, 0.4) is 0 Å². The Hall–Kier alpha value is -7.38. The molecule has 0 bridgehead atoms. The zero-order valence-electron chi connectivity index (χ0n) is 37.0. The van der Waals surface area contributed by atoms with Gasteiger partial charge in [-0.25, -0.2) is 4.98 Å². The summed E-state index contributed by atoms with van der Waals surface area (Å²) >= 11 is 0. The molecular weight excluding hydrogens is 739 g/mol. The van der Waals surface area contributed by atoms with Gasteiger partial charge in [0, 0.05) is 35.4 Å². The lowest BCUT2D eigenvalue weighted by Gasteiger charge is -2.15. The van der Waals surface area contributed by atoms with Crippen LogP contribution in [0.25, 0.3) is 23.4 Å². The summed E-state index contributed by atoms with van der Waals surface area (Å²) < 4.78 is 2.11. The molecule has 3 heteroatoms. The van der Waals surface area contributed by atoms with Gasteiger partial charge in [0.15, 0.2) is 0 Å². The van der Waals surface area contributed by atoms with Gasteiger partial charge in [0.2, 0.25) is 0 Å². The third kappa shape index (κ3) is 14.1. The second-order valence-electron chi connectivity index (χ2n) is 14.0. The topological polar surface area (TPSA) is 30.2 Å². The van der Waals surface area contributed by atoms with Crippen molar-refractivity contribution in [2.45, 2.75) is 67.2 Å². The predicted molar refractivity (Wildman–Crippen MR) is 269 cm³/mol. The van der Waals surface area contributed by atoms with E-state index in [1.807, 2.05) is 120 Å². The van der Waals surface area contributed by atoms with Crippen LogP contribution in [-0.2, 0) is 0 Å². The van der Waals surface area contributed by atoms with Gasteiger partial charge >= 0.3 is 0 Å². The van der Waals surface area contributed by atoms with Gasteiger partial charge in [-0.15, -0.1) is 29.7 Å². The minimum Gasteiger partial charge on any atom is -0.292 e. The molecule has 3 nitrogen and oxygen atoms in total. The van der Waals surface area contributed by atoms with Crippen molar-refractivity contribution >= 4 is 29.6 Å². The van der Waals surface area contributed by atoms with Crippen molar-refractivity contribution < 1.29 is 0 Å². The molecule has 0 spiro atoms. The van der Waals surface area contributed by atoms with E-state index in [-0.39, 0.29) is 0 Å². The molecule has 1 heterocycles. The average Bonchev–Trinajstić information content (AvgIpc) is 3.42. The first-order valence-electron chi connectivity index (χ1n) is 20.4. The molecule has 0 aromatic carbocycles. The molecule has 2 aliphatic carbocycles. The fourth-order valence-corrected chi connectivity index (χ4v) is 6.20. The monoisotopic (exact) mass is 797 g/mol. The van der Waals surface area contributed by atoms with E-state index in [0.717, 1.165) is 104 Å². The van der Waals surface area contributed by atoms with Gasteiger partial charge in [0.25, 0.3) is 0 Å². The third-order valence-corrected chi connectivity index (χ3v) is 9.62. The molecule has 0 N–H and O–H groups in total. The second-order valence-corrected chi connectivity index (χ2v) is 14.0. The van der Waals surface area contributed by atoms with Crippen LogP contribution in [0.4, 0.5) is 0 Å². The fourth-order valence-electron chi connectivity index (χ4n) is 6.20. The number of nitrogens with zero attached hydrogens (tertiary/aromatic N) is 3. The molecule has 0 fully saturated rings. The standard InChI is InChI=1S/C58H59N3/c1-13-20-23-24-25-27-31-45(9)43-59-57(48(12)49(18-6)32-26-21-14-2)47(11)46(10)50-33-28-34-51(39-38-50)52-35-29-36-53(41-40-52)58-60-55(19-7)56(42-44(8)17-5)61(58)54(30-16-4)37-22-15-3/h2,13,16-20,24-25,27-31,34,36-43H,5-7,9-10,21,23,26,32H2,1,3-4,8,11-12H3/b20-13-,25-24-,30-16-,31-27-,44-42-,49-48+,54-37+,57-47-,59-43?. The molecule has 3 rings (SSSR count). The molecule has 0 saturated heterocycles. The van der Waals surface area contributed by atoms with Crippen molar-refractivity contribution in [3.05, 3.63) is 233 Å². The number of hydrogen-bond acceptors (Lipinski definition) is 2. The van der Waals surface area contributed by atoms with Crippen molar-refractivity contribution in [2.24, 2.45) is 4.99 Å². The first kappa shape index (κ1) is 48.0. The quantitative estimate of drug-likeness (QED) is 0.0323. The number of rotatable bonds is 20. The van der Waals surface area contributed by atoms with Crippen LogP contribution in [0.15, 0.2) is 221 Å². The van der Waals surface area contributed by atoms with E-state index < -0.39 is 0 Å². The molecule has 2 aliphatic rings. The highest BCUT2D eigenvalue weighted by Gasteiger charge is 2.19. The number of unbranched alkanes of at least 4 members (excludes halogenated alkanes) is 1. The zero-order chi connectivity index (χ0) is 44.6. The predicted octanol–water partition coefficient (Wildman–Crippen LogP) is 15.0. The van der Waals surface area contributed by atoms with Gasteiger partial charge in [0.1, 0.15) is 5.82 Å². The Kier molecular flexibility index (Phi) is 20.4. The van der Waals surface area contributed by atoms with E-state index >= 15 is 0 Å². The molecule has 1 aromatic rings. The normalized spacial score (nSPS) is 15.2. The van der Waals surface area contributed by atoms with E-state index in [1.54, 1.807) is 12.3 Å². The summed E-state index contributed by atoms with van der Waals surface area (Å²) in [7, 11) is 0. The van der Waals surface area contributed by atoms with E-state index in [0.29, 0.717) is 6.42 Å². The molecule has 0 aliphatic heterocycles. The third-order valence-electron chi connectivity index (χ3n) is 9.62. The zero-order valence-corrected chi connectivity index (χ0v) is 37.0. The smallest absolute Gasteiger partial charge is 0.145 e. The van der Waals surface area contributed by atoms with Gasteiger partial charge in [-0.3, -0.25) is 9.56 Å². The van der Waals surface area contributed by atoms with Crippen LogP contribution in [0.1, 0.15) is 84.4 Å². The van der Waals surface area contributed by atoms with E-state index in [9.17, 15) is 0 Å². The van der Waals surface area contributed by atoms with Gasteiger partial charge in [-0.1, -0.05) is 99.6 Å². The maximum Gasteiger partial charge on any atom is 0.145 e. The molecule has 0 unspecified atom stereocenters. The number of aromatic nitrogens is 2. The first-order valence-corrected chi connectivity index (χ1v) is 20.4. The summed E-state index contributed by atoms with van der Waals surface area (Å²) in [6.07, 6.45) is 52.4. The van der Waals surface area contributed by atoms with Crippen LogP contribution in [-0.4, -0.2) is 15.8 Å². The number of imidazole rings is 1. The molecule has 61 heavy (non-hydrogen) atoms. The van der Waals surface area contributed by atoms with E-state index in [2.05, 4.69) is 110 Å². The van der Waals surface area contributed by atoms with Crippen LogP contribution in [0.5, 0.6) is 0 Å². The number of aliphatic imine (C=N–C) groups is 1. The molecular formula is C58H59N3. The van der Waals surface area contributed by atoms with Crippen LogP contribution in [0.2, 0.25) is 0 Å². The Balaban J connectivity index is 2.02. The van der Waals surface area contributed by atoms with Crippen LogP contribution < -0.4 is 0 Å². The Bertz CT molecular complexity index is 2570. The first-order chi connectivity index (χ1) is 29.6. The van der Waals surface area contributed by atoms with Crippen molar-refractivity contribution in [1.29, 1.82) is 0 Å². The van der Waals surface area contributed by atoms with Crippen LogP contribution >= 0.6 is 0 Å². The molecule has 0 saturated carbocycles. The molecule has 0 amide bonds. The minimum atomic E-state index is 0.691. The molecule has 0 radical (unpaired) electrons. The summed E-state index contributed by atoms with van der Waals surface area (Å²) in [6.45, 7) is 32.9. The maximum absolute atomic E-state index is 5.58. The Morgan fingerprint density at radius 2 is 1.66 bits per heavy atom. The van der Waals surface area contributed by atoms with Crippen molar-refractivity contribution in [1.82, 2.24) is 9.55 Å². The fraction of sp³-hybridized carbons (Fsp3) is 0.172. The van der Waals surface area contributed by atoms with Gasteiger partial charge in [-0.05, 0) is 161 Å². The molecule has 306 valence electrons. The van der Waals surface area contributed by atoms with E-state index in [1.165, 1.54) is 0 Å². The number of hydrogen-bond donors (Lipinski definition) is 0. The van der Waals surface area contributed by atoms with Gasteiger partial charge < -0.3 is 0 Å². The van der Waals surface area contributed by atoms with Crippen molar-refractivity contribution in [3.63, 3.8) is 0 Å². The van der Waals surface area contributed by atoms with Crippen molar-refractivity contribution in [2.75, 3.05) is 0 Å². The summed E-state index contributed by atoms with van der Waals surface area (Å²) in [6, 6.07) is 0. The lowest BCUT2D eigenvalue weighted by atomic mass is 9.93. The van der Waals surface area contributed by atoms with Crippen LogP contribution in [0, 0.1) is 24.2 Å². The largest absolute Gasteiger partial charge is 0.292 e. The highest BCUT2D eigenvalue weighted by atomic mass is 15.1. The number of allylic oxidation sites excluding steroid dienone is 28. The maximum atomic E-state index is 5.58. The SMILES string of the molecule is C#CCCC/C(C=C)=C(C)/C(N=CC(=C)/C=C\C=C/C/C=C\C)=C(\C)C(=C)C1=C=CC=C(C2=C=CC=C(c3nc(C=C)c(/C=C(/C)C=C)n3C(/C=C\C)=C/C#CC)C=C2)C=C1. The summed E-state index contributed by atoms with van der Waals surface area (Å²) in [5.74, 6) is 9.60. The number of terminal acetylenes is 1. The Labute approximate surface area is 367 Å². The minimum absolute atomic E-state index is 0.691. The lowest BCUT2D eigenvalue weighted by Crippen LogP contribution is -2.03. The highest BCUT2D eigenvalue weighted by molar-refractivity contribution is 5.83. The second kappa shape index (κ2) is 25.9. The van der Waals surface area contributed by atoms with Crippen molar-refractivity contribution in [3.8, 4) is 24.2 Å².